The molecule has 0 aliphatic heterocycles. The quantitative estimate of drug-likeness (QED) is 0.880. The van der Waals surface area contributed by atoms with E-state index in [-0.39, 0.29) is 0 Å². The Kier molecular flexibility index (Phi) is 4.20. The molecule has 0 radical (unpaired) electrons. The normalized spacial score (nSPS) is 14.2. The molecular weight excluding hydrogens is 258 g/mol. The van der Waals surface area contributed by atoms with Gasteiger partial charge in [0.1, 0.15) is 0 Å². The molecule has 1 aromatic heterocycles. The van der Waals surface area contributed by atoms with Crippen LogP contribution in [0.3, 0.4) is 0 Å². The van der Waals surface area contributed by atoms with E-state index < -0.39 is 0 Å². The maximum atomic E-state index is 4.20. The fraction of sp³-hybridized carbons (Fsp3) is 0.389. The smallest absolute Gasteiger partial charge is 0.0441 e. The Morgan fingerprint density at radius 3 is 2.86 bits per heavy atom. The predicted molar refractivity (Wildman–Crippen MR) is 87.4 cm³/mol. The first kappa shape index (κ1) is 14.1. The third-order valence-electron chi connectivity index (χ3n) is 3.95. The monoisotopic (exact) mass is 281 g/mol. The van der Waals surface area contributed by atoms with Crippen LogP contribution in [0.15, 0.2) is 42.7 Å². The van der Waals surface area contributed by atoms with Gasteiger partial charge in [-0.2, -0.15) is 0 Å². The Morgan fingerprint density at radius 1 is 1.29 bits per heavy atom. The molecule has 1 aromatic carbocycles. The first-order chi connectivity index (χ1) is 10.2. The van der Waals surface area contributed by atoms with Gasteiger partial charge in [-0.25, -0.2) is 0 Å². The number of aromatic nitrogens is 1. The second kappa shape index (κ2) is 6.27. The number of benzene rings is 1. The van der Waals surface area contributed by atoms with Crippen LogP contribution in [0.4, 0.5) is 5.69 Å². The summed E-state index contributed by atoms with van der Waals surface area (Å²) in [6, 6.07) is 11.6. The summed E-state index contributed by atoms with van der Waals surface area (Å²) in [4.78, 5) is 6.50. The second-order valence-corrected chi connectivity index (χ2v) is 6.00. The molecule has 0 amide bonds. The lowest BCUT2D eigenvalue weighted by Gasteiger charge is -2.23. The Bertz CT molecular complexity index is 591. The molecule has 0 atom stereocenters. The summed E-state index contributed by atoms with van der Waals surface area (Å²) in [6.07, 6.45) is 6.41. The van der Waals surface area contributed by atoms with Gasteiger partial charge in [0, 0.05) is 44.3 Å². The number of nitrogens with zero attached hydrogens (tertiary/aromatic N) is 2. The standard InChI is InChI=1S/C18H23N3/c1-14-5-8-18(16(10-14)12-20-17-6-7-17)21(2)13-15-4-3-9-19-11-15/h3-5,8-11,17,20H,6-7,12-13H2,1-2H3. The third kappa shape index (κ3) is 3.82. The summed E-state index contributed by atoms with van der Waals surface area (Å²) in [5, 5.41) is 3.62. The van der Waals surface area contributed by atoms with Crippen molar-refractivity contribution in [3.05, 3.63) is 59.4 Å². The van der Waals surface area contributed by atoms with Gasteiger partial charge in [-0.15, -0.1) is 0 Å². The molecule has 0 unspecified atom stereocenters. The maximum absolute atomic E-state index is 4.20. The lowest BCUT2D eigenvalue weighted by atomic mass is 10.1. The van der Waals surface area contributed by atoms with Crippen molar-refractivity contribution in [3.63, 3.8) is 0 Å². The van der Waals surface area contributed by atoms with Crippen LogP contribution in [0.1, 0.15) is 29.5 Å². The lowest BCUT2D eigenvalue weighted by Crippen LogP contribution is -2.21. The summed E-state index contributed by atoms with van der Waals surface area (Å²) in [5.74, 6) is 0. The number of nitrogens with one attached hydrogen (secondary N) is 1. The van der Waals surface area contributed by atoms with Crippen molar-refractivity contribution in [2.24, 2.45) is 0 Å². The number of anilines is 1. The highest BCUT2D eigenvalue weighted by Crippen LogP contribution is 2.25. The maximum Gasteiger partial charge on any atom is 0.0441 e. The van der Waals surface area contributed by atoms with E-state index in [0.717, 1.165) is 19.1 Å². The van der Waals surface area contributed by atoms with E-state index in [1.54, 1.807) is 0 Å². The van der Waals surface area contributed by atoms with Gasteiger partial charge < -0.3 is 10.2 Å². The third-order valence-corrected chi connectivity index (χ3v) is 3.95. The average Bonchev–Trinajstić information content (AvgIpc) is 3.30. The molecule has 1 aliphatic carbocycles. The van der Waals surface area contributed by atoms with Crippen LogP contribution in [0.2, 0.25) is 0 Å². The summed E-state index contributed by atoms with van der Waals surface area (Å²) in [7, 11) is 2.15. The molecule has 1 N–H and O–H groups in total. The van der Waals surface area contributed by atoms with Crippen LogP contribution >= 0.6 is 0 Å². The fourth-order valence-corrected chi connectivity index (χ4v) is 2.62. The minimum Gasteiger partial charge on any atom is -0.370 e. The molecular formula is C18H23N3. The van der Waals surface area contributed by atoms with Gasteiger partial charge in [0.2, 0.25) is 0 Å². The number of hydrogen-bond donors (Lipinski definition) is 1. The SMILES string of the molecule is Cc1ccc(N(C)Cc2cccnc2)c(CNC2CC2)c1. The van der Waals surface area contributed by atoms with E-state index in [9.17, 15) is 0 Å². The minimum absolute atomic E-state index is 0.738. The van der Waals surface area contributed by atoms with Crippen molar-refractivity contribution in [3.8, 4) is 0 Å². The summed E-state index contributed by atoms with van der Waals surface area (Å²) in [5.41, 5.74) is 5.24. The van der Waals surface area contributed by atoms with E-state index in [2.05, 4.69) is 53.4 Å². The van der Waals surface area contributed by atoms with Gasteiger partial charge >= 0.3 is 0 Å². The number of rotatable bonds is 6. The Balaban J connectivity index is 1.75. The molecule has 0 spiro atoms. The van der Waals surface area contributed by atoms with Crippen LogP contribution < -0.4 is 10.2 Å². The van der Waals surface area contributed by atoms with Crippen molar-refractivity contribution in [1.29, 1.82) is 0 Å². The molecule has 21 heavy (non-hydrogen) atoms. The first-order valence-corrected chi connectivity index (χ1v) is 7.65. The highest BCUT2D eigenvalue weighted by Gasteiger charge is 2.20. The lowest BCUT2D eigenvalue weighted by molar-refractivity contribution is 0.685. The summed E-state index contributed by atoms with van der Waals surface area (Å²) < 4.78 is 0. The van der Waals surface area contributed by atoms with Crippen molar-refractivity contribution in [1.82, 2.24) is 10.3 Å². The molecule has 2 aromatic rings. The number of hydrogen-bond acceptors (Lipinski definition) is 3. The van der Waals surface area contributed by atoms with Crippen LogP contribution in [0, 0.1) is 6.92 Å². The van der Waals surface area contributed by atoms with Crippen LogP contribution in [-0.4, -0.2) is 18.1 Å². The van der Waals surface area contributed by atoms with Gasteiger partial charge in [0.05, 0.1) is 0 Å². The Labute approximate surface area is 127 Å². The molecule has 0 saturated heterocycles. The Hall–Kier alpha value is -1.87. The molecule has 3 heteroatoms. The summed E-state index contributed by atoms with van der Waals surface area (Å²) >= 11 is 0. The van der Waals surface area contributed by atoms with Crippen LogP contribution in [0.25, 0.3) is 0 Å². The van der Waals surface area contributed by atoms with Crippen LogP contribution in [-0.2, 0) is 13.1 Å². The van der Waals surface area contributed by atoms with Gasteiger partial charge in [-0.3, -0.25) is 4.98 Å². The largest absolute Gasteiger partial charge is 0.370 e. The molecule has 0 bridgehead atoms. The summed E-state index contributed by atoms with van der Waals surface area (Å²) in [6.45, 7) is 4.00. The van der Waals surface area contributed by atoms with E-state index in [4.69, 9.17) is 0 Å². The molecule has 3 rings (SSSR count). The molecule has 1 heterocycles. The van der Waals surface area contributed by atoms with Gasteiger partial charge in [0.25, 0.3) is 0 Å². The Morgan fingerprint density at radius 2 is 2.14 bits per heavy atom. The van der Waals surface area contributed by atoms with Crippen molar-refractivity contribution >= 4 is 5.69 Å². The van der Waals surface area contributed by atoms with Crippen LogP contribution in [0.5, 0.6) is 0 Å². The molecule has 1 saturated carbocycles. The fourth-order valence-electron chi connectivity index (χ4n) is 2.62. The number of aryl methyl sites for hydroxylation is 1. The highest BCUT2D eigenvalue weighted by atomic mass is 15.1. The first-order valence-electron chi connectivity index (χ1n) is 7.65. The predicted octanol–water partition coefficient (Wildman–Crippen LogP) is 3.28. The van der Waals surface area contributed by atoms with E-state index >= 15 is 0 Å². The highest BCUT2D eigenvalue weighted by molar-refractivity contribution is 5.54. The van der Waals surface area contributed by atoms with E-state index in [0.29, 0.717) is 0 Å². The molecule has 3 nitrogen and oxygen atoms in total. The van der Waals surface area contributed by atoms with Gasteiger partial charge in [0.15, 0.2) is 0 Å². The van der Waals surface area contributed by atoms with Gasteiger partial charge in [-0.1, -0.05) is 23.8 Å². The molecule has 110 valence electrons. The van der Waals surface area contributed by atoms with Crippen molar-refractivity contribution in [2.45, 2.75) is 38.9 Å². The second-order valence-electron chi connectivity index (χ2n) is 6.00. The van der Waals surface area contributed by atoms with Gasteiger partial charge in [-0.05, 0) is 43.0 Å². The van der Waals surface area contributed by atoms with E-state index in [1.807, 2.05) is 18.5 Å². The average molecular weight is 281 g/mol. The topological polar surface area (TPSA) is 28.2 Å². The zero-order valence-corrected chi connectivity index (χ0v) is 12.8. The van der Waals surface area contributed by atoms with Crippen molar-refractivity contribution in [2.75, 3.05) is 11.9 Å². The molecule has 1 fully saturated rings. The molecule has 1 aliphatic rings. The van der Waals surface area contributed by atoms with Crippen molar-refractivity contribution < 1.29 is 0 Å². The zero-order chi connectivity index (χ0) is 14.7. The zero-order valence-electron chi connectivity index (χ0n) is 12.8. The van der Waals surface area contributed by atoms with E-state index in [1.165, 1.54) is 35.2 Å². The number of pyridine rings is 1. The minimum atomic E-state index is 0.738.